The third kappa shape index (κ3) is 14.1. The molecule has 0 spiro atoms. The lowest BCUT2D eigenvalue weighted by molar-refractivity contribution is -0.389. The van der Waals surface area contributed by atoms with Crippen LogP contribution in [0.3, 0.4) is 0 Å². The summed E-state index contributed by atoms with van der Waals surface area (Å²) in [4.78, 5) is 42.9. The van der Waals surface area contributed by atoms with Crippen molar-refractivity contribution in [2.24, 2.45) is 0 Å². The van der Waals surface area contributed by atoms with E-state index in [1.807, 2.05) is 18.3 Å². The predicted octanol–water partition coefficient (Wildman–Crippen LogP) is 3.60. The second-order valence-electron chi connectivity index (χ2n) is 11.7. The van der Waals surface area contributed by atoms with Crippen LogP contribution in [-0.2, 0) is 0 Å². The molecular formula is C33H51BrN12O4. The first-order chi connectivity index (χ1) is 24.1. The number of piperazine rings is 3. The van der Waals surface area contributed by atoms with Crippen molar-refractivity contribution in [2.45, 2.75) is 20.8 Å². The van der Waals surface area contributed by atoms with Crippen molar-refractivity contribution in [3.63, 3.8) is 0 Å². The van der Waals surface area contributed by atoms with Gasteiger partial charge < -0.3 is 55.8 Å². The summed E-state index contributed by atoms with van der Waals surface area (Å²) in [6.45, 7) is 23.2. The lowest BCUT2D eigenvalue weighted by Crippen LogP contribution is -2.46. The Kier molecular flexibility index (Phi) is 17.7. The van der Waals surface area contributed by atoms with E-state index in [0.29, 0.717) is 5.82 Å². The fraction of sp³-hybridized carbons (Fsp3) is 0.545. The van der Waals surface area contributed by atoms with Crippen LogP contribution >= 0.6 is 15.9 Å². The van der Waals surface area contributed by atoms with Gasteiger partial charge in [0.05, 0.1) is 22.0 Å². The lowest BCUT2D eigenvalue weighted by Gasteiger charge is -2.35. The maximum absolute atomic E-state index is 10.5. The molecule has 0 saturated carbocycles. The number of nitrogen functional groups attached to an aromatic ring is 1. The fourth-order valence-corrected chi connectivity index (χ4v) is 5.64. The van der Waals surface area contributed by atoms with Gasteiger partial charge in [-0.15, -0.1) is 0 Å². The van der Waals surface area contributed by atoms with E-state index in [4.69, 9.17) is 5.73 Å². The first-order valence-corrected chi connectivity index (χ1v) is 17.9. The molecule has 0 radical (unpaired) electrons. The molecule has 0 unspecified atom stereocenters. The topological polar surface area (TPSA) is 179 Å². The quantitative estimate of drug-likeness (QED) is 0.264. The van der Waals surface area contributed by atoms with Crippen molar-refractivity contribution in [3.8, 4) is 0 Å². The molecule has 17 heteroatoms. The molecule has 0 aliphatic carbocycles. The average Bonchev–Trinajstić information content (AvgIpc) is 3.16. The van der Waals surface area contributed by atoms with E-state index in [1.54, 1.807) is 18.3 Å². The molecular weight excluding hydrogens is 708 g/mol. The van der Waals surface area contributed by atoms with Gasteiger partial charge in [0, 0.05) is 90.7 Å². The third-order valence-corrected chi connectivity index (χ3v) is 9.08. The van der Waals surface area contributed by atoms with E-state index in [1.165, 1.54) is 56.7 Å². The molecule has 6 heterocycles. The minimum Gasteiger partial charge on any atom is -0.384 e. The summed E-state index contributed by atoms with van der Waals surface area (Å²) in [5, 5.41) is 23.8. The van der Waals surface area contributed by atoms with E-state index >= 15 is 0 Å². The van der Waals surface area contributed by atoms with Crippen molar-refractivity contribution in [1.82, 2.24) is 35.0 Å². The summed E-state index contributed by atoms with van der Waals surface area (Å²) in [5.74, 6) is 0.357. The van der Waals surface area contributed by atoms with Gasteiger partial charge in [-0.3, -0.25) is 0 Å². The van der Waals surface area contributed by atoms with E-state index in [0.717, 1.165) is 75.6 Å². The molecule has 0 bridgehead atoms. The number of pyridine rings is 3. The lowest BCUT2D eigenvalue weighted by atomic mass is 10.3. The second-order valence-corrected chi connectivity index (χ2v) is 12.6. The van der Waals surface area contributed by atoms with E-state index in [-0.39, 0.29) is 11.6 Å². The summed E-state index contributed by atoms with van der Waals surface area (Å²) in [6, 6.07) is 10.1. The molecule has 3 aromatic rings. The molecule has 0 atom stereocenters. The number of hydrogen-bond donors (Lipinski definition) is 2. The summed E-state index contributed by atoms with van der Waals surface area (Å²) in [7, 11) is 0. The van der Waals surface area contributed by atoms with Crippen LogP contribution in [0.25, 0.3) is 0 Å². The summed E-state index contributed by atoms with van der Waals surface area (Å²) < 4.78 is 0.734. The van der Waals surface area contributed by atoms with Gasteiger partial charge in [0.2, 0.25) is 0 Å². The highest BCUT2D eigenvalue weighted by molar-refractivity contribution is 9.10. The standard InChI is InChI=1S/C11H16N4O2.C11H18N4.C6H14N2.C5H3BrN2O2/c1-2-13-5-7-14(8-6-13)10-3-4-11(12-9-10)15(16)17;1-2-14-5-7-15(8-6-14)10-3-4-11(12)13-9-10;1-2-8-5-3-7-4-6-8;6-4-1-2-5(7-3-4)8(9)10/h3-4,9H,2,5-8H2,1H3;3-4,9H,2,5-8H2,1H3,(H2,12,13);7H,2-6H2,1H3;1-3H. The van der Waals surface area contributed by atoms with Crippen molar-refractivity contribution in [1.29, 1.82) is 0 Å². The van der Waals surface area contributed by atoms with Crippen LogP contribution in [0.1, 0.15) is 20.8 Å². The minimum absolute atomic E-state index is 0.0963. The van der Waals surface area contributed by atoms with Crippen LogP contribution in [0.5, 0.6) is 0 Å². The van der Waals surface area contributed by atoms with Crippen LogP contribution in [0, 0.1) is 20.2 Å². The Morgan fingerprint density at radius 3 is 1.40 bits per heavy atom. The van der Waals surface area contributed by atoms with Crippen LogP contribution in [0.15, 0.2) is 59.5 Å². The van der Waals surface area contributed by atoms with Gasteiger partial charge in [-0.05, 0) is 79.6 Å². The molecule has 3 aliphatic heterocycles. The van der Waals surface area contributed by atoms with Gasteiger partial charge in [0.15, 0.2) is 12.4 Å². The molecule has 50 heavy (non-hydrogen) atoms. The highest BCUT2D eigenvalue weighted by atomic mass is 79.9. The Bertz CT molecular complexity index is 1400. The van der Waals surface area contributed by atoms with Crippen molar-refractivity contribution >= 4 is 44.8 Å². The van der Waals surface area contributed by atoms with Crippen LogP contribution in [0.4, 0.5) is 28.8 Å². The highest BCUT2D eigenvalue weighted by Crippen LogP contribution is 2.18. The Balaban J connectivity index is 0.000000188. The normalized spacial score (nSPS) is 16.9. The van der Waals surface area contributed by atoms with Crippen molar-refractivity contribution < 1.29 is 9.85 Å². The number of halogens is 1. The maximum Gasteiger partial charge on any atom is 0.363 e. The fourth-order valence-electron chi connectivity index (χ4n) is 5.41. The molecule has 3 aliphatic rings. The molecule has 3 aromatic heterocycles. The first-order valence-electron chi connectivity index (χ1n) is 17.1. The molecule has 274 valence electrons. The zero-order valence-corrected chi connectivity index (χ0v) is 30.9. The molecule has 16 nitrogen and oxygen atoms in total. The number of anilines is 3. The second kappa shape index (κ2) is 21.9. The molecule has 0 amide bonds. The maximum atomic E-state index is 10.5. The number of nitro groups is 2. The number of aromatic nitrogens is 3. The number of hydrogen-bond acceptors (Lipinski definition) is 14. The van der Waals surface area contributed by atoms with Gasteiger partial charge in [0.25, 0.3) is 0 Å². The summed E-state index contributed by atoms with van der Waals surface area (Å²) in [5.41, 5.74) is 7.71. The summed E-state index contributed by atoms with van der Waals surface area (Å²) >= 11 is 3.11. The van der Waals surface area contributed by atoms with Gasteiger partial charge in [-0.2, -0.15) is 0 Å². The molecule has 6 rings (SSSR count). The number of nitrogens with one attached hydrogen (secondary N) is 1. The SMILES string of the molecule is CCN1CCN(c2ccc(N)nc2)CC1.CCN1CCN(c2ccc([N+](=O)[O-])nc2)CC1.CCN1CCNCC1.O=[N+]([O-])c1ccc(Br)cn1. The first kappa shape index (κ1) is 40.4. The molecule has 3 fully saturated rings. The highest BCUT2D eigenvalue weighted by Gasteiger charge is 2.18. The number of likely N-dealkylation sites (N-methyl/N-ethyl adjacent to an activating group) is 3. The molecule has 0 aromatic carbocycles. The Labute approximate surface area is 303 Å². The van der Waals surface area contributed by atoms with Crippen molar-refractivity contribution in [2.75, 3.05) is 114 Å². The number of nitrogens with two attached hydrogens (primary N) is 1. The van der Waals surface area contributed by atoms with Gasteiger partial charge in [0.1, 0.15) is 5.82 Å². The van der Waals surface area contributed by atoms with Crippen molar-refractivity contribution in [3.05, 3.63) is 79.7 Å². The number of rotatable bonds is 7. The zero-order valence-electron chi connectivity index (χ0n) is 29.4. The predicted molar refractivity (Wildman–Crippen MR) is 202 cm³/mol. The Morgan fingerprint density at radius 1 is 0.640 bits per heavy atom. The van der Waals surface area contributed by atoms with E-state index < -0.39 is 9.85 Å². The molecule has 3 saturated heterocycles. The van der Waals surface area contributed by atoms with Crippen LogP contribution in [0.2, 0.25) is 0 Å². The van der Waals surface area contributed by atoms with Gasteiger partial charge in [-0.25, -0.2) is 4.98 Å². The van der Waals surface area contributed by atoms with E-state index in [2.05, 4.69) is 81.5 Å². The van der Waals surface area contributed by atoms with Crippen LogP contribution < -0.4 is 20.9 Å². The molecule has 3 N–H and O–H groups in total. The van der Waals surface area contributed by atoms with Gasteiger partial charge in [-0.1, -0.05) is 20.8 Å². The largest absolute Gasteiger partial charge is 0.384 e. The van der Waals surface area contributed by atoms with Gasteiger partial charge >= 0.3 is 11.6 Å². The van der Waals surface area contributed by atoms with Crippen LogP contribution in [-0.4, -0.2) is 138 Å². The Morgan fingerprint density at radius 2 is 1.06 bits per heavy atom. The third-order valence-electron chi connectivity index (χ3n) is 8.62. The van der Waals surface area contributed by atoms with E-state index in [9.17, 15) is 20.2 Å². The smallest absolute Gasteiger partial charge is 0.363 e. The monoisotopic (exact) mass is 758 g/mol. The Hall–Kier alpha value is -4.03. The minimum atomic E-state index is -0.535. The average molecular weight is 760 g/mol. The zero-order chi connectivity index (χ0) is 36.3. The summed E-state index contributed by atoms with van der Waals surface area (Å²) in [6.07, 6.45) is 4.83. The number of nitrogens with zero attached hydrogens (tertiary/aromatic N) is 10.